The van der Waals surface area contributed by atoms with Crippen LogP contribution in [-0.2, 0) is 22.6 Å². The zero-order valence-electron chi connectivity index (χ0n) is 14.0. The monoisotopic (exact) mass is 327 g/mol. The summed E-state index contributed by atoms with van der Waals surface area (Å²) in [6, 6.07) is 7.19. The normalized spacial score (nSPS) is 26.1. The highest BCUT2D eigenvalue weighted by Gasteiger charge is 2.29. The van der Waals surface area contributed by atoms with Crippen LogP contribution in [0.15, 0.2) is 18.2 Å². The highest BCUT2D eigenvalue weighted by atomic mass is 16.2. The second kappa shape index (κ2) is 6.65. The Morgan fingerprint density at radius 3 is 2.62 bits per heavy atom. The number of amides is 2. The molecule has 4 rings (SSSR count). The van der Waals surface area contributed by atoms with Gasteiger partial charge in [0.2, 0.25) is 11.8 Å². The molecule has 2 fully saturated rings. The van der Waals surface area contributed by atoms with Gasteiger partial charge in [0, 0.05) is 25.6 Å². The average molecular weight is 327 g/mol. The first-order chi connectivity index (χ1) is 11.7. The summed E-state index contributed by atoms with van der Waals surface area (Å²) in [4.78, 5) is 26.0. The zero-order chi connectivity index (χ0) is 16.5. The first kappa shape index (κ1) is 15.8. The van der Waals surface area contributed by atoms with Crippen molar-refractivity contribution in [3.05, 3.63) is 34.9 Å². The molecule has 0 saturated carbocycles. The maximum absolute atomic E-state index is 12.1. The summed E-state index contributed by atoms with van der Waals surface area (Å²) in [6.45, 7) is 4.39. The van der Waals surface area contributed by atoms with Crippen molar-refractivity contribution in [2.45, 2.75) is 50.6 Å². The number of imide groups is 1. The van der Waals surface area contributed by atoms with Crippen molar-refractivity contribution < 1.29 is 9.59 Å². The summed E-state index contributed by atoms with van der Waals surface area (Å²) < 4.78 is 0. The van der Waals surface area contributed by atoms with Crippen LogP contribution >= 0.6 is 0 Å². The molecule has 0 bridgehead atoms. The molecular weight excluding hydrogens is 302 g/mol. The van der Waals surface area contributed by atoms with Gasteiger partial charge in [-0.25, -0.2) is 0 Å². The van der Waals surface area contributed by atoms with Crippen molar-refractivity contribution in [3.8, 4) is 0 Å². The molecule has 5 heteroatoms. The lowest BCUT2D eigenvalue weighted by atomic mass is 9.86. The van der Waals surface area contributed by atoms with Gasteiger partial charge in [0.25, 0.3) is 0 Å². The first-order valence-corrected chi connectivity index (χ1v) is 9.11. The van der Waals surface area contributed by atoms with Crippen molar-refractivity contribution in [1.82, 2.24) is 15.5 Å². The predicted octanol–water partition coefficient (Wildman–Crippen LogP) is 1.32. The van der Waals surface area contributed by atoms with E-state index in [1.165, 1.54) is 24.0 Å². The van der Waals surface area contributed by atoms with Gasteiger partial charge in [-0.2, -0.15) is 0 Å². The van der Waals surface area contributed by atoms with E-state index in [2.05, 4.69) is 33.7 Å². The van der Waals surface area contributed by atoms with Crippen LogP contribution in [0.1, 0.15) is 48.3 Å². The number of carbonyl (C=O) groups is 2. The van der Waals surface area contributed by atoms with E-state index >= 15 is 0 Å². The predicted molar refractivity (Wildman–Crippen MR) is 91.6 cm³/mol. The molecule has 1 aromatic rings. The third-order valence-corrected chi connectivity index (χ3v) is 5.74. The molecule has 0 spiro atoms. The number of hydrogen-bond donors (Lipinski definition) is 2. The fourth-order valence-electron chi connectivity index (χ4n) is 4.31. The molecule has 128 valence electrons. The largest absolute Gasteiger partial charge is 0.317 e. The Balaban J connectivity index is 1.49. The number of carbonyl (C=O) groups excluding carboxylic acids is 2. The fourth-order valence-corrected chi connectivity index (χ4v) is 4.31. The van der Waals surface area contributed by atoms with E-state index in [0.717, 1.165) is 38.2 Å². The molecule has 3 heterocycles. The molecule has 24 heavy (non-hydrogen) atoms. The number of fused-ring (bicyclic) bond motifs is 1. The number of piperidine rings is 2. The Morgan fingerprint density at radius 2 is 1.83 bits per heavy atom. The van der Waals surface area contributed by atoms with E-state index in [0.29, 0.717) is 18.9 Å². The minimum atomic E-state index is -0.171. The van der Waals surface area contributed by atoms with Crippen LogP contribution in [0.3, 0.4) is 0 Å². The molecule has 1 atom stereocenters. The molecule has 5 nitrogen and oxygen atoms in total. The van der Waals surface area contributed by atoms with Crippen LogP contribution in [0.4, 0.5) is 0 Å². The lowest BCUT2D eigenvalue weighted by Crippen LogP contribution is -2.45. The van der Waals surface area contributed by atoms with Crippen molar-refractivity contribution >= 4 is 11.8 Å². The van der Waals surface area contributed by atoms with Gasteiger partial charge in [0.15, 0.2) is 0 Å². The van der Waals surface area contributed by atoms with Gasteiger partial charge in [0.1, 0.15) is 0 Å². The summed E-state index contributed by atoms with van der Waals surface area (Å²) in [5, 5.41) is 5.90. The Morgan fingerprint density at radius 1 is 1.00 bits per heavy atom. The lowest BCUT2D eigenvalue weighted by Gasteiger charge is -2.38. The average Bonchev–Trinajstić information content (AvgIpc) is 2.62. The van der Waals surface area contributed by atoms with Crippen molar-refractivity contribution in [3.63, 3.8) is 0 Å². The SMILES string of the molecule is O=C1CCC(c2ccc3c(c2)CCN(C2CCNCC2)C3)C(=O)N1. The molecule has 2 amide bonds. The quantitative estimate of drug-likeness (QED) is 0.804. The second-order valence-corrected chi connectivity index (χ2v) is 7.23. The van der Waals surface area contributed by atoms with E-state index in [1.807, 2.05) is 0 Å². The van der Waals surface area contributed by atoms with Gasteiger partial charge in [-0.3, -0.25) is 19.8 Å². The number of rotatable bonds is 2. The van der Waals surface area contributed by atoms with Crippen molar-refractivity contribution in [1.29, 1.82) is 0 Å². The van der Waals surface area contributed by atoms with Gasteiger partial charge in [0.05, 0.1) is 5.92 Å². The van der Waals surface area contributed by atoms with E-state index < -0.39 is 0 Å². The second-order valence-electron chi connectivity index (χ2n) is 7.23. The number of nitrogens with one attached hydrogen (secondary N) is 2. The van der Waals surface area contributed by atoms with Gasteiger partial charge >= 0.3 is 0 Å². The van der Waals surface area contributed by atoms with Gasteiger partial charge in [-0.1, -0.05) is 18.2 Å². The molecular formula is C19H25N3O2. The van der Waals surface area contributed by atoms with Crippen LogP contribution in [0.2, 0.25) is 0 Å². The maximum Gasteiger partial charge on any atom is 0.234 e. The smallest absolute Gasteiger partial charge is 0.234 e. The standard InChI is InChI=1S/C19H25N3O2/c23-18-4-3-17(19(24)21-18)14-1-2-15-12-22(10-7-13(15)11-14)16-5-8-20-9-6-16/h1-2,11,16-17,20H,3-10,12H2,(H,21,23,24). The third kappa shape index (κ3) is 3.10. The first-order valence-electron chi connectivity index (χ1n) is 9.11. The summed E-state index contributed by atoms with van der Waals surface area (Å²) in [6.07, 6.45) is 4.61. The Kier molecular flexibility index (Phi) is 4.37. The Labute approximate surface area is 142 Å². The molecule has 2 saturated heterocycles. The highest BCUT2D eigenvalue weighted by Crippen LogP contribution is 2.30. The van der Waals surface area contributed by atoms with E-state index in [1.54, 1.807) is 0 Å². The zero-order valence-corrected chi connectivity index (χ0v) is 14.0. The maximum atomic E-state index is 12.1. The van der Waals surface area contributed by atoms with Crippen molar-refractivity contribution in [2.24, 2.45) is 0 Å². The van der Waals surface area contributed by atoms with Crippen LogP contribution in [-0.4, -0.2) is 42.4 Å². The minimum absolute atomic E-state index is 0.140. The summed E-state index contributed by atoms with van der Waals surface area (Å²) in [5.74, 6) is -0.458. The summed E-state index contributed by atoms with van der Waals surface area (Å²) >= 11 is 0. The molecule has 0 aliphatic carbocycles. The molecule has 1 unspecified atom stereocenters. The van der Waals surface area contributed by atoms with Crippen LogP contribution in [0.25, 0.3) is 0 Å². The van der Waals surface area contributed by atoms with Crippen molar-refractivity contribution in [2.75, 3.05) is 19.6 Å². The Bertz CT molecular complexity index is 652. The van der Waals surface area contributed by atoms with Crippen LogP contribution in [0, 0.1) is 0 Å². The summed E-state index contributed by atoms with van der Waals surface area (Å²) in [7, 11) is 0. The fraction of sp³-hybridized carbons (Fsp3) is 0.579. The summed E-state index contributed by atoms with van der Waals surface area (Å²) in [5.41, 5.74) is 3.84. The van der Waals surface area contributed by atoms with E-state index in [4.69, 9.17) is 0 Å². The number of benzene rings is 1. The molecule has 0 radical (unpaired) electrons. The van der Waals surface area contributed by atoms with Gasteiger partial charge in [-0.15, -0.1) is 0 Å². The topological polar surface area (TPSA) is 61.4 Å². The van der Waals surface area contributed by atoms with E-state index in [9.17, 15) is 9.59 Å². The Hall–Kier alpha value is -1.72. The third-order valence-electron chi connectivity index (χ3n) is 5.74. The van der Waals surface area contributed by atoms with Crippen LogP contribution in [0.5, 0.6) is 0 Å². The van der Waals surface area contributed by atoms with Crippen LogP contribution < -0.4 is 10.6 Å². The van der Waals surface area contributed by atoms with Gasteiger partial charge in [-0.05, 0) is 55.5 Å². The number of nitrogens with zero attached hydrogens (tertiary/aromatic N) is 1. The lowest BCUT2D eigenvalue weighted by molar-refractivity contribution is -0.134. The number of hydrogen-bond acceptors (Lipinski definition) is 4. The van der Waals surface area contributed by atoms with Gasteiger partial charge < -0.3 is 5.32 Å². The highest BCUT2D eigenvalue weighted by molar-refractivity contribution is 6.00. The molecule has 2 N–H and O–H groups in total. The molecule has 3 aliphatic heterocycles. The minimum Gasteiger partial charge on any atom is -0.317 e. The molecule has 3 aliphatic rings. The molecule has 0 aromatic heterocycles. The molecule has 1 aromatic carbocycles. The van der Waals surface area contributed by atoms with E-state index in [-0.39, 0.29) is 17.7 Å².